The van der Waals surface area contributed by atoms with Gasteiger partial charge >= 0.3 is 0 Å². The molecular weight excluding hydrogens is 999 g/mol. The first-order valence-electron chi connectivity index (χ1n) is 29.0. The van der Waals surface area contributed by atoms with Crippen molar-refractivity contribution in [2.75, 3.05) is 26.4 Å². The molecule has 0 radical (unpaired) electrons. The Bertz CT molecular complexity index is 1650. The number of carbonyl (C=O) groups excluding carboxylic acids is 1. The highest BCUT2D eigenvalue weighted by Crippen LogP contribution is 2.33. The van der Waals surface area contributed by atoms with Gasteiger partial charge in [0, 0.05) is 6.42 Å². The summed E-state index contributed by atoms with van der Waals surface area (Å²) in [5.74, 6) is -0.319. The molecule has 3 aliphatic rings. The van der Waals surface area contributed by atoms with Gasteiger partial charge in [-0.25, -0.2) is 0 Å². The van der Waals surface area contributed by atoms with E-state index in [0.717, 1.165) is 64.2 Å². The van der Waals surface area contributed by atoms with Gasteiger partial charge in [-0.2, -0.15) is 0 Å². The van der Waals surface area contributed by atoms with Crippen molar-refractivity contribution in [2.45, 2.75) is 272 Å². The summed E-state index contributed by atoms with van der Waals surface area (Å²) in [5.41, 5.74) is 0. The zero-order valence-corrected chi connectivity index (χ0v) is 46.2. The zero-order chi connectivity index (χ0) is 56.2. The molecule has 0 spiro atoms. The van der Waals surface area contributed by atoms with Crippen molar-refractivity contribution >= 4 is 5.91 Å². The summed E-state index contributed by atoms with van der Waals surface area (Å²) in [5, 5.41) is 120. The Kier molecular flexibility index (Phi) is 37.0. The lowest BCUT2D eigenvalue weighted by molar-refractivity contribution is -0.379. The molecule has 3 saturated heterocycles. The number of aliphatic hydroxyl groups is 11. The molecule has 12 N–H and O–H groups in total. The van der Waals surface area contributed by atoms with Gasteiger partial charge in [0.2, 0.25) is 5.91 Å². The molecule has 3 fully saturated rings. The number of allylic oxidation sites excluding steroid dienone is 9. The highest BCUT2D eigenvalue weighted by atomic mass is 16.8. The lowest BCUT2D eigenvalue weighted by atomic mass is 9.96. The van der Waals surface area contributed by atoms with Gasteiger partial charge in [-0.1, -0.05) is 164 Å². The monoisotopic (exact) mass is 1100 g/mol. The van der Waals surface area contributed by atoms with E-state index in [0.29, 0.717) is 6.42 Å². The predicted octanol–water partition coefficient (Wildman–Crippen LogP) is 4.48. The van der Waals surface area contributed by atoms with Crippen molar-refractivity contribution in [3.05, 3.63) is 60.8 Å². The average molecular weight is 1100 g/mol. The molecule has 17 unspecified atom stereocenters. The van der Waals surface area contributed by atoms with Crippen LogP contribution in [0.5, 0.6) is 0 Å². The van der Waals surface area contributed by atoms with Crippen LogP contribution >= 0.6 is 0 Å². The maximum absolute atomic E-state index is 13.3. The summed E-state index contributed by atoms with van der Waals surface area (Å²) in [7, 11) is 0. The van der Waals surface area contributed by atoms with Gasteiger partial charge in [0.05, 0.1) is 38.6 Å². The molecule has 77 heavy (non-hydrogen) atoms. The van der Waals surface area contributed by atoms with E-state index in [-0.39, 0.29) is 18.9 Å². The average Bonchev–Trinajstić information content (AvgIpc) is 3.43. The fraction of sp³-hybridized carbons (Fsp3) is 0.810. The molecule has 19 nitrogen and oxygen atoms in total. The normalized spacial score (nSPS) is 31.2. The molecule has 0 aliphatic carbocycles. The summed E-state index contributed by atoms with van der Waals surface area (Å²) in [6.45, 7) is 1.55. The van der Waals surface area contributed by atoms with Crippen molar-refractivity contribution in [1.29, 1.82) is 0 Å². The van der Waals surface area contributed by atoms with Crippen molar-refractivity contribution in [3.63, 3.8) is 0 Å². The third-order valence-corrected chi connectivity index (χ3v) is 14.3. The van der Waals surface area contributed by atoms with Gasteiger partial charge in [-0.3, -0.25) is 4.79 Å². The quantitative estimate of drug-likeness (QED) is 0.0297. The molecule has 0 aromatic rings. The Morgan fingerprint density at radius 1 is 0.481 bits per heavy atom. The van der Waals surface area contributed by atoms with Crippen molar-refractivity contribution in [3.8, 4) is 0 Å². The smallest absolute Gasteiger partial charge is 0.220 e. The van der Waals surface area contributed by atoms with E-state index in [9.17, 15) is 61.0 Å². The Morgan fingerprint density at radius 3 is 1.40 bits per heavy atom. The maximum Gasteiger partial charge on any atom is 0.220 e. The minimum atomic E-state index is -1.98. The topological polar surface area (TPSA) is 307 Å². The number of nitrogens with one attached hydrogen (secondary N) is 1. The number of unbranched alkanes of at least 4 members (excludes halogenated alkanes) is 17. The summed E-state index contributed by atoms with van der Waals surface area (Å²) < 4.78 is 34.2. The summed E-state index contributed by atoms with van der Waals surface area (Å²) >= 11 is 0. The third-order valence-electron chi connectivity index (χ3n) is 14.3. The van der Waals surface area contributed by atoms with Crippen molar-refractivity contribution < 1.29 is 89.4 Å². The van der Waals surface area contributed by atoms with Crippen molar-refractivity contribution in [1.82, 2.24) is 5.32 Å². The van der Waals surface area contributed by atoms with Crippen LogP contribution in [-0.4, -0.2) is 193 Å². The lowest BCUT2D eigenvalue weighted by Crippen LogP contribution is -2.66. The minimum absolute atomic E-state index is 0.188. The van der Waals surface area contributed by atoms with Crippen LogP contribution in [0.4, 0.5) is 0 Å². The summed E-state index contributed by atoms with van der Waals surface area (Å²) in [4.78, 5) is 13.3. The summed E-state index contributed by atoms with van der Waals surface area (Å²) in [6, 6.07) is -0.996. The van der Waals surface area contributed by atoms with Gasteiger partial charge in [0.1, 0.15) is 73.2 Å². The third kappa shape index (κ3) is 25.9. The molecule has 0 bridgehead atoms. The van der Waals surface area contributed by atoms with E-state index in [4.69, 9.17) is 28.4 Å². The van der Waals surface area contributed by atoms with Crippen LogP contribution in [-0.2, 0) is 33.2 Å². The van der Waals surface area contributed by atoms with E-state index < -0.39 is 124 Å². The van der Waals surface area contributed by atoms with Crippen LogP contribution < -0.4 is 5.32 Å². The molecule has 3 aliphatic heterocycles. The van der Waals surface area contributed by atoms with Gasteiger partial charge < -0.3 is 89.9 Å². The first kappa shape index (κ1) is 68.8. The first-order chi connectivity index (χ1) is 37.3. The number of carbonyl (C=O) groups is 1. The molecule has 0 aromatic heterocycles. The lowest BCUT2D eigenvalue weighted by Gasteiger charge is -2.48. The highest BCUT2D eigenvalue weighted by Gasteiger charge is 2.53. The number of aliphatic hydroxyl groups excluding tert-OH is 11. The molecule has 446 valence electrons. The first-order valence-corrected chi connectivity index (χ1v) is 29.0. The molecule has 0 saturated carbocycles. The zero-order valence-electron chi connectivity index (χ0n) is 46.2. The number of amides is 1. The second-order valence-electron chi connectivity index (χ2n) is 20.7. The Morgan fingerprint density at radius 2 is 0.896 bits per heavy atom. The van der Waals surface area contributed by atoms with Crippen LogP contribution in [0, 0.1) is 0 Å². The fourth-order valence-electron chi connectivity index (χ4n) is 9.53. The molecule has 1 amide bonds. The van der Waals surface area contributed by atoms with E-state index in [2.05, 4.69) is 67.8 Å². The highest BCUT2D eigenvalue weighted by molar-refractivity contribution is 5.76. The van der Waals surface area contributed by atoms with E-state index in [1.54, 1.807) is 6.08 Å². The fourth-order valence-corrected chi connectivity index (χ4v) is 9.53. The molecule has 3 rings (SSSR count). The Labute approximate surface area is 458 Å². The predicted molar refractivity (Wildman–Crippen MR) is 291 cm³/mol. The molecule has 3 heterocycles. The van der Waals surface area contributed by atoms with E-state index in [1.807, 2.05) is 6.08 Å². The van der Waals surface area contributed by atoms with E-state index >= 15 is 0 Å². The number of hydrogen-bond acceptors (Lipinski definition) is 18. The van der Waals surface area contributed by atoms with Crippen LogP contribution in [0.25, 0.3) is 0 Å². The van der Waals surface area contributed by atoms with Gasteiger partial charge in [-0.05, 0) is 57.8 Å². The standard InChI is InChI=1S/C58H101NO18/c1-3-5-7-9-11-13-15-17-19-20-22-23-25-27-29-31-33-35-42(63)41(59-46(64)36-34-32-30-28-26-24-21-18-16-14-12-10-8-6-4-2)40-72-56-52(70)49(67)54(44(38-61)74-56)77-58-53(71)50(68)55(45(39-62)75-58)76-57-51(69)48(66)47(65)43(37-60)73-57/h6,8,12,14,18,21,26,28,33,35,41-45,47-58,60-63,65-71H,3-5,7,9-11,13,15-17,19-20,22-25,27,29-32,34,36-40H2,1-2H3,(H,59,64)/b8-6-,14-12-,21-18-,28-26-,35-33+. The van der Waals surface area contributed by atoms with Crippen LogP contribution in [0.2, 0.25) is 0 Å². The van der Waals surface area contributed by atoms with Crippen LogP contribution in [0.15, 0.2) is 60.8 Å². The Balaban J connectivity index is 1.54. The Hall–Kier alpha value is -2.51. The number of hydrogen-bond donors (Lipinski definition) is 12. The van der Waals surface area contributed by atoms with Gasteiger partial charge in [0.15, 0.2) is 18.9 Å². The largest absolute Gasteiger partial charge is 0.394 e. The maximum atomic E-state index is 13.3. The molecule has 19 heteroatoms. The molecule has 17 atom stereocenters. The van der Waals surface area contributed by atoms with Crippen LogP contribution in [0.1, 0.15) is 168 Å². The van der Waals surface area contributed by atoms with Crippen molar-refractivity contribution in [2.24, 2.45) is 0 Å². The van der Waals surface area contributed by atoms with Gasteiger partial charge in [-0.15, -0.1) is 0 Å². The van der Waals surface area contributed by atoms with E-state index in [1.165, 1.54) is 77.0 Å². The molecule has 0 aromatic carbocycles. The van der Waals surface area contributed by atoms with Crippen LogP contribution in [0.3, 0.4) is 0 Å². The molecular formula is C58H101NO18. The number of ether oxygens (including phenoxy) is 6. The minimum Gasteiger partial charge on any atom is -0.394 e. The number of rotatable bonds is 41. The van der Waals surface area contributed by atoms with Gasteiger partial charge in [0.25, 0.3) is 0 Å². The summed E-state index contributed by atoms with van der Waals surface area (Å²) in [6.07, 6.45) is 19.2. The second-order valence-corrected chi connectivity index (χ2v) is 20.7. The SMILES string of the molecule is CC/C=C\C/C=C\C/C=C\C/C=C\CCCCC(=O)NC(COC1OC(CO)C(OC2OC(CO)C(OC3OC(CO)C(O)C(O)C3O)C(O)C2O)C(O)C1O)C(O)/C=C/CCCCCCCCCCCCCCCCC. The second kappa shape index (κ2) is 41.5.